The van der Waals surface area contributed by atoms with Crippen LogP contribution in [-0.2, 0) is 16.4 Å². The van der Waals surface area contributed by atoms with Crippen molar-refractivity contribution in [3.63, 3.8) is 0 Å². The lowest BCUT2D eigenvalue weighted by Gasteiger charge is -2.15. The van der Waals surface area contributed by atoms with E-state index in [9.17, 15) is 22.3 Å². The van der Waals surface area contributed by atoms with E-state index in [1.807, 2.05) is 6.07 Å². The standard InChI is InChI=1S/C15H11F2N3O4S/c16-15(17)4-10-11(24-9-3-8(5-18)6-20-7-9)1-2-12(25(19,22)23)13(10)14(15)21/h1-3,6-7,14,21H,4H2,(H2,19,22,23)/t14-/m0/s1. The number of nitrogens with two attached hydrogens (primary N) is 1. The summed E-state index contributed by atoms with van der Waals surface area (Å²) in [5.41, 5.74) is -0.443. The minimum atomic E-state index is -4.32. The molecule has 25 heavy (non-hydrogen) atoms. The maximum atomic E-state index is 13.9. The number of hydrogen-bond acceptors (Lipinski definition) is 6. The van der Waals surface area contributed by atoms with Crippen molar-refractivity contribution in [2.45, 2.75) is 23.3 Å². The van der Waals surface area contributed by atoms with Crippen LogP contribution < -0.4 is 9.88 Å². The molecule has 1 aromatic carbocycles. The highest BCUT2D eigenvalue weighted by Gasteiger charge is 2.50. The van der Waals surface area contributed by atoms with Gasteiger partial charge in [-0.25, -0.2) is 22.3 Å². The van der Waals surface area contributed by atoms with Gasteiger partial charge < -0.3 is 9.84 Å². The number of aromatic nitrogens is 1. The highest BCUT2D eigenvalue weighted by molar-refractivity contribution is 7.89. The number of halogens is 2. The molecule has 0 amide bonds. The lowest BCUT2D eigenvalue weighted by molar-refractivity contribution is -0.0976. The second-order valence-electron chi connectivity index (χ2n) is 5.46. The van der Waals surface area contributed by atoms with Crippen molar-refractivity contribution in [2.75, 3.05) is 0 Å². The van der Waals surface area contributed by atoms with Gasteiger partial charge in [-0.05, 0) is 12.1 Å². The molecule has 10 heteroatoms. The largest absolute Gasteiger partial charge is 0.455 e. The first-order chi connectivity index (χ1) is 11.6. The number of hydrogen-bond donors (Lipinski definition) is 2. The second kappa shape index (κ2) is 5.73. The number of aliphatic hydroxyl groups is 1. The molecule has 1 aliphatic carbocycles. The molecule has 1 heterocycles. The number of sulfonamides is 1. The molecule has 0 saturated carbocycles. The van der Waals surface area contributed by atoms with E-state index in [0.29, 0.717) is 0 Å². The molecular formula is C15H11F2N3O4S. The summed E-state index contributed by atoms with van der Waals surface area (Å²) >= 11 is 0. The number of fused-ring (bicyclic) bond motifs is 1. The highest BCUT2D eigenvalue weighted by Crippen LogP contribution is 2.49. The van der Waals surface area contributed by atoms with Crippen LogP contribution in [0.5, 0.6) is 11.5 Å². The molecule has 1 atom stereocenters. The van der Waals surface area contributed by atoms with E-state index in [2.05, 4.69) is 4.98 Å². The normalized spacial score (nSPS) is 18.4. The van der Waals surface area contributed by atoms with E-state index >= 15 is 0 Å². The predicted octanol–water partition coefficient (Wildman–Crippen LogP) is 1.62. The highest BCUT2D eigenvalue weighted by atomic mass is 32.2. The SMILES string of the molecule is N#Cc1cncc(Oc2ccc(S(N)(=O)=O)c3c2CC(F)(F)[C@H]3O)c1. The number of rotatable bonds is 3. The van der Waals surface area contributed by atoms with Crippen molar-refractivity contribution < 1.29 is 27.0 Å². The molecule has 0 spiro atoms. The van der Waals surface area contributed by atoms with E-state index in [1.165, 1.54) is 24.5 Å². The minimum absolute atomic E-state index is 0.0736. The van der Waals surface area contributed by atoms with Gasteiger partial charge in [0, 0.05) is 29.8 Å². The van der Waals surface area contributed by atoms with Gasteiger partial charge in [-0.1, -0.05) is 0 Å². The lowest BCUT2D eigenvalue weighted by Crippen LogP contribution is -2.23. The third-order valence-corrected chi connectivity index (χ3v) is 4.71. The van der Waals surface area contributed by atoms with Crippen molar-refractivity contribution in [1.82, 2.24) is 4.98 Å². The summed E-state index contributed by atoms with van der Waals surface area (Å²) in [5, 5.41) is 23.7. The monoisotopic (exact) mass is 367 g/mol. The van der Waals surface area contributed by atoms with Crippen LogP contribution in [-0.4, -0.2) is 24.4 Å². The van der Waals surface area contributed by atoms with Crippen molar-refractivity contribution in [2.24, 2.45) is 5.14 Å². The molecule has 0 bridgehead atoms. The van der Waals surface area contributed by atoms with Gasteiger partial charge in [0.15, 0.2) is 0 Å². The fraction of sp³-hybridized carbons (Fsp3) is 0.200. The fourth-order valence-corrected chi connectivity index (χ4v) is 3.45. The van der Waals surface area contributed by atoms with Crippen LogP contribution in [0.3, 0.4) is 0 Å². The number of primary sulfonamides is 1. The lowest BCUT2D eigenvalue weighted by atomic mass is 10.1. The van der Waals surface area contributed by atoms with Crippen LogP contribution in [0, 0.1) is 11.3 Å². The van der Waals surface area contributed by atoms with Gasteiger partial charge >= 0.3 is 0 Å². The third-order valence-electron chi connectivity index (χ3n) is 3.74. The summed E-state index contributed by atoms with van der Waals surface area (Å²) in [6.07, 6.45) is -0.667. The third kappa shape index (κ3) is 3.05. The Labute approximate surface area is 141 Å². The van der Waals surface area contributed by atoms with Crippen molar-refractivity contribution in [3.8, 4) is 17.6 Å². The number of aliphatic hydroxyl groups excluding tert-OH is 1. The number of nitrogens with zero attached hydrogens (tertiary/aromatic N) is 2. The molecule has 0 aliphatic heterocycles. The van der Waals surface area contributed by atoms with E-state index in [4.69, 9.17) is 15.1 Å². The molecule has 0 radical (unpaired) electrons. The number of ether oxygens (including phenoxy) is 1. The van der Waals surface area contributed by atoms with E-state index < -0.39 is 38.9 Å². The Balaban J connectivity index is 2.13. The first kappa shape index (κ1) is 17.2. The number of benzene rings is 1. The van der Waals surface area contributed by atoms with Crippen LogP contribution in [0.2, 0.25) is 0 Å². The zero-order valence-electron chi connectivity index (χ0n) is 12.5. The Morgan fingerprint density at radius 1 is 1.40 bits per heavy atom. The average molecular weight is 367 g/mol. The molecule has 130 valence electrons. The Morgan fingerprint density at radius 2 is 2.12 bits per heavy atom. The molecule has 3 rings (SSSR count). The Bertz CT molecular complexity index is 1000. The molecule has 1 aromatic heterocycles. The van der Waals surface area contributed by atoms with Gasteiger partial charge in [0.25, 0.3) is 5.92 Å². The number of alkyl halides is 2. The van der Waals surface area contributed by atoms with Crippen LogP contribution in [0.25, 0.3) is 0 Å². The van der Waals surface area contributed by atoms with Gasteiger partial charge in [-0.15, -0.1) is 0 Å². The molecule has 7 nitrogen and oxygen atoms in total. The van der Waals surface area contributed by atoms with Crippen molar-refractivity contribution in [3.05, 3.63) is 47.3 Å². The predicted molar refractivity (Wildman–Crippen MR) is 80.5 cm³/mol. The number of pyridine rings is 1. The van der Waals surface area contributed by atoms with Gasteiger partial charge in [0.1, 0.15) is 23.7 Å². The zero-order chi connectivity index (χ0) is 18.4. The van der Waals surface area contributed by atoms with Crippen LogP contribution in [0.4, 0.5) is 8.78 Å². The Kier molecular flexibility index (Phi) is 3.95. The molecular weight excluding hydrogens is 356 g/mol. The molecule has 0 saturated heterocycles. The quantitative estimate of drug-likeness (QED) is 0.849. The molecule has 0 fully saturated rings. The van der Waals surface area contributed by atoms with E-state index in [-0.39, 0.29) is 22.6 Å². The van der Waals surface area contributed by atoms with Crippen LogP contribution >= 0.6 is 0 Å². The van der Waals surface area contributed by atoms with Crippen molar-refractivity contribution in [1.29, 1.82) is 5.26 Å². The zero-order valence-corrected chi connectivity index (χ0v) is 13.3. The van der Waals surface area contributed by atoms with E-state index in [1.54, 1.807) is 0 Å². The molecule has 3 N–H and O–H groups in total. The fourth-order valence-electron chi connectivity index (χ4n) is 2.66. The van der Waals surface area contributed by atoms with Gasteiger partial charge in [-0.2, -0.15) is 5.26 Å². The summed E-state index contributed by atoms with van der Waals surface area (Å²) in [7, 11) is -4.32. The smallest absolute Gasteiger partial charge is 0.281 e. The summed E-state index contributed by atoms with van der Waals surface area (Å²) in [6.45, 7) is 0. The van der Waals surface area contributed by atoms with Crippen molar-refractivity contribution >= 4 is 10.0 Å². The van der Waals surface area contributed by atoms with E-state index in [0.717, 1.165) is 6.07 Å². The molecule has 0 unspecified atom stereocenters. The average Bonchev–Trinajstić information content (AvgIpc) is 2.78. The van der Waals surface area contributed by atoms with Gasteiger partial charge in [-0.3, -0.25) is 4.98 Å². The molecule has 1 aliphatic rings. The maximum Gasteiger partial charge on any atom is 0.281 e. The topological polar surface area (TPSA) is 126 Å². The van der Waals surface area contributed by atoms with Crippen LogP contribution in [0.1, 0.15) is 22.8 Å². The summed E-state index contributed by atoms with van der Waals surface area (Å²) < 4.78 is 56.6. The number of nitriles is 1. The van der Waals surface area contributed by atoms with Gasteiger partial charge in [0.2, 0.25) is 10.0 Å². The van der Waals surface area contributed by atoms with Crippen LogP contribution in [0.15, 0.2) is 35.5 Å². The minimum Gasteiger partial charge on any atom is -0.455 e. The van der Waals surface area contributed by atoms with Gasteiger partial charge in [0.05, 0.1) is 16.7 Å². The Morgan fingerprint density at radius 3 is 2.76 bits per heavy atom. The second-order valence-corrected chi connectivity index (χ2v) is 6.99. The first-order valence-corrected chi connectivity index (χ1v) is 8.45. The summed E-state index contributed by atoms with van der Waals surface area (Å²) in [5.74, 6) is -3.53. The Hall–Kier alpha value is -2.61. The summed E-state index contributed by atoms with van der Waals surface area (Å²) in [4.78, 5) is 3.20. The first-order valence-electron chi connectivity index (χ1n) is 6.91. The summed E-state index contributed by atoms with van der Waals surface area (Å²) in [6, 6.07) is 5.37. The molecule has 2 aromatic rings. The maximum absolute atomic E-state index is 13.9.